The smallest absolute Gasteiger partial charge is 0.0327 e. The zero-order valence-corrected chi connectivity index (χ0v) is 9.70. The summed E-state index contributed by atoms with van der Waals surface area (Å²) in [5.74, 6) is 0. The lowest BCUT2D eigenvalue weighted by atomic mass is 10.2. The molecular formula is C10H12BrNS. The molecule has 0 saturated carbocycles. The molecule has 3 heteroatoms. The van der Waals surface area contributed by atoms with Crippen LogP contribution in [0.4, 0.5) is 0 Å². The van der Waals surface area contributed by atoms with E-state index in [2.05, 4.69) is 44.2 Å². The highest BCUT2D eigenvalue weighted by Gasteiger charge is 2.09. The third-order valence-electron chi connectivity index (χ3n) is 2.28. The Kier molecular flexibility index (Phi) is 3.19. The second kappa shape index (κ2) is 4.40. The normalized spacial score (nSPS) is 17.0. The molecule has 0 amide bonds. The number of rotatable bonds is 3. The maximum atomic E-state index is 3.54. The largest absolute Gasteiger partial charge is 0.309 e. The summed E-state index contributed by atoms with van der Waals surface area (Å²) in [6, 6.07) is 0.659. The lowest BCUT2D eigenvalue weighted by molar-refractivity contribution is 0.538. The van der Waals surface area contributed by atoms with E-state index in [-0.39, 0.29) is 0 Å². The van der Waals surface area contributed by atoms with Gasteiger partial charge in [0.2, 0.25) is 0 Å². The van der Waals surface area contributed by atoms with Crippen LogP contribution in [0.1, 0.15) is 18.4 Å². The minimum absolute atomic E-state index is 0.659. The molecule has 2 rings (SSSR count). The topological polar surface area (TPSA) is 12.0 Å². The van der Waals surface area contributed by atoms with E-state index in [0.29, 0.717) is 6.04 Å². The molecule has 1 aliphatic carbocycles. The van der Waals surface area contributed by atoms with Crippen molar-refractivity contribution in [2.45, 2.75) is 25.4 Å². The van der Waals surface area contributed by atoms with Crippen molar-refractivity contribution in [1.82, 2.24) is 5.32 Å². The van der Waals surface area contributed by atoms with E-state index in [1.165, 1.54) is 22.9 Å². The molecule has 70 valence electrons. The first-order chi connectivity index (χ1) is 6.36. The Morgan fingerprint density at radius 3 is 2.77 bits per heavy atom. The summed E-state index contributed by atoms with van der Waals surface area (Å²) in [5, 5.41) is 7.86. The van der Waals surface area contributed by atoms with Crippen LogP contribution in [0.3, 0.4) is 0 Å². The molecule has 0 radical (unpaired) electrons. The van der Waals surface area contributed by atoms with Gasteiger partial charge in [-0.3, -0.25) is 0 Å². The van der Waals surface area contributed by atoms with Gasteiger partial charge in [0.1, 0.15) is 0 Å². The number of hydrogen-bond donors (Lipinski definition) is 1. The van der Waals surface area contributed by atoms with Crippen LogP contribution in [0, 0.1) is 0 Å². The van der Waals surface area contributed by atoms with Crippen molar-refractivity contribution in [3.63, 3.8) is 0 Å². The Hall–Kier alpha value is -0.120. The summed E-state index contributed by atoms with van der Waals surface area (Å²) in [4.78, 5) is 0. The van der Waals surface area contributed by atoms with Crippen LogP contribution in [0.2, 0.25) is 0 Å². The summed E-state index contributed by atoms with van der Waals surface area (Å²) >= 11 is 5.28. The van der Waals surface area contributed by atoms with Gasteiger partial charge in [0.15, 0.2) is 0 Å². The SMILES string of the molecule is Brc1cscc1CNC1CC=CC1. The van der Waals surface area contributed by atoms with E-state index in [1.807, 2.05) is 0 Å². The van der Waals surface area contributed by atoms with E-state index in [4.69, 9.17) is 0 Å². The van der Waals surface area contributed by atoms with Crippen molar-refractivity contribution >= 4 is 27.3 Å². The lowest BCUT2D eigenvalue weighted by Crippen LogP contribution is -2.25. The van der Waals surface area contributed by atoms with Gasteiger partial charge >= 0.3 is 0 Å². The van der Waals surface area contributed by atoms with Crippen molar-refractivity contribution in [3.8, 4) is 0 Å². The van der Waals surface area contributed by atoms with Crippen molar-refractivity contribution in [2.24, 2.45) is 0 Å². The van der Waals surface area contributed by atoms with Crippen LogP contribution in [-0.2, 0) is 6.54 Å². The van der Waals surface area contributed by atoms with Gasteiger partial charge in [0, 0.05) is 22.4 Å². The highest BCUT2D eigenvalue weighted by Crippen LogP contribution is 2.21. The number of halogens is 1. The molecule has 0 saturated heterocycles. The van der Waals surface area contributed by atoms with Gasteiger partial charge in [-0.1, -0.05) is 12.2 Å². The highest BCUT2D eigenvalue weighted by molar-refractivity contribution is 9.10. The quantitative estimate of drug-likeness (QED) is 0.820. The fourth-order valence-corrected chi connectivity index (χ4v) is 2.92. The first-order valence-corrected chi connectivity index (χ1v) is 6.19. The van der Waals surface area contributed by atoms with E-state index in [9.17, 15) is 0 Å². The fourth-order valence-electron chi connectivity index (χ4n) is 1.47. The molecule has 0 spiro atoms. The second-order valence-corrected chi connectivity index (χ2v) is 4.86. The Morgan fingerprint density at radius 1 is 1.38 bits per heavy atom. The number of nitrogens with one attached hydrogen (secondary N) is 1. The first kappa shape index (κ1) is 9.44. The highest BCUT2D eigenvalue weighted by atomic mass is 79.9. The van der Waals surface area contributed by atoms with Gasteiger partial charge in [-0.25, -0.2) is 0 Å². The van der Waals surface area contributed by atoms with Gasteiger partial charge in [0.25, 0.3) is 0 Å². The molecule has 1 aromatic rings. The molecule has 13 heavy (non-hydrogen) atoms. The zero-order valence-electron chi connectivity index (χ0n) is 7.29. The van der Waals surface area contributed by atoms with E-state index >= 15 is 0 Å². The molecule has 0 fully saturated rings. The van der Waals surface area contributed by atoms with Gasteiger partial charge < -0.3 is 5.32 Å². The third kappa shape index (κ3) is 2.42. The maximum Gasteiger partial charge on any atom is 0.0327 e. The van der Waals surface area contributed by atoms with Crippen LogP contribution in [0.25, 0.3) is 0 Å². The molecule has 0 atom stereocenters. The molecular weight excluding hydrogens is 246 g/mol. The van der Waals surface area contributed by atoms with E-state index in [1.54, 1.807) is 11.3 Å². The predicted octanol–water partition coefficient (Wildman–Crippen LogP) is 3.32. The van der Waals surface area contributed by atoms with Crippen molar-refractivity contribution in [3.05, 3.63) is 32.9 Å². The Labute approximate surface area is 91.0 Å². The molecule has 0 aliphatic heterocycles. The van der Waals surface area contributed by atoms with Crippen molar-refractivity contribution < 1.29 is 0 Å². The van der Waals surface area contributed by atoms with Crippen LogP contribution >= 0.6 is 27.3 Å². The summed E-state index contributed by atoms with van der Waals surface area (Å²) < 4.78 is 1.23. The van der Waals surface area contributed by atoms with Crippen molar-refractivity contribution in [1.29, 1.82) is 0 Å². The van der Waals surface area contributed by atoms with Gasteiger partial charge in [-0.15, -0.1) is 0 Å². The lowest BCUT2D eigenvalue weighted by Gasteiger charge is -2.10. The monoisotopic (exact) mass is 257 g/mol. The Bertz CT molecular complexity index is 298. The fraction of sp³-hybridized carbons (Fsp3) is 0.400. The van der Waals surface area contributed by atoms with E-state index in [0.717, 1.165) is 6.54 Å². The summed E-state index contributed by atoms with van der Waals surface area (Å²) in [6.45, 7) is 0.983. The van der Waals surface area contributed by atoms with Crippen molar-refractivity contribution in [2.75, 3.05) is 0 Å². The Morgan fingerprint density at radius 2 is 2.15 bits per heavy atom. The van der Waals surface area contributed by atoms with Crippen LogP contribution in [0.15, 0.2) is 27.4 Å². The summed E-state index contributed by atoms with van der Waals surface area (Å²) in [5.41, 5.74) is 1.37. The van der Waals surface area contributed by atoms with Crippen LogP contribution < -0.4 is 5.32 Å². The molecule has 1 heterocycles. The Balaban J connectivity index is 1.82. The van der Waals surface area contributed by atoms with Gasteiger partial charge in [0.05, 0.1) is 0 Å². The minimum atomic E-state index is 0.659. The summed E-state index contributed by atoms with van der Waals surface area (Å²) in [7, 11) is 0. The molecule has 1 aliphatic rings. The number of thiophene rings is 1. The molecule has 1 N–H and O–H groups in total. The predicted molar refractivity (Wildman–Crippen MR) is 61.0 cm³/mol. The van der Waals surface area contributed by atoms with E-state index < -0.39 is 0 Å². The third-order valence-corrected chi connectivity index (χ3v) is 4.11. The second-order valence-electron chi connectivity index (χ2n) is 3.27. The van der Waals surface area contributed by atoms with Gasteiger partial charge in [-0.2, -0.15) is 11.3 Å². The molecule has 0 aromatic carbocycles. The molecule has 0 unspecified atom stereocenters. The van der Waals surface area contributed by atoms with Gasteiger partial charge in [-0.05, 0) is 39.7 Å². The summed E-state index contributed by atoms with van der Waals surface area (Å²) in [6.07, 6.45) is 6.87. The minimum Gasteiger partial charge on any atom is -0.309 e. The molecule has 1 nitrogen and oxygen atoms in total. The van der Waals surface area contributed by atoms with Crippen LogP contribution in [-0.4, -0.2) is 6.04 Å². The molecule has 1 aromatic heterocycles. The first-order valence-electron chi connectivity index (χ1n) is 4.45. The number of hydrogen-bond acceptors (Lipinski definition) is 2. The average molecular weight is 258 g/mol. The maximum absolute atomic E-state index is 3.54. The molecule has 0 bridgehead atoms. The zero-order chi connectivity index (χ0) is 9.10. The van der Waals surface area contributed by atoms with Crippen LogP contribution in [0.5, 0.6) is 0 Å². The average Bonchev–Trinajstić information content (AvgIpc) is 2.72. The standard InChI is InChI=1S/C10H12BrNS/c11-10-7-13-6-8(10)5-12-9-3-1-2-4-9/h1-2,6-7,9,12H,3-5H2.